The quantitative estimate of drug-likeness (QED) is 0.889. The zero-order valence-corrected chi connectivity index (χ0v) is 14.2. The molecule has 1 saturated heterocycles. The van der Waals surface area contributed by atoms with Crippen LogP contribution in [0.25, 0.3) is 10.6 Å². The molecule has 2 heterocycles. The van der Waals surface area contributed by atoms with Crippen LogP contribution in [-0.4, -0.2) is 33.5 Å². The number of piperidine rings is 1. The summed E-state index contributed by atoms with van der Waals surface area (Å²) in [5, 5.41) is 11.5. The first kappa shape index (κ1) is 16.1. The Morgan fingerprint density at radius 1 is 1.39 bits per heavy atom. The number of aromatic nitrogens is 1. The average molecular weight is 330 g/mol. The van der Waals surface area contributed by atoms with Gasteiger partial charge in [-0.2, -0.15) is 0 Å². The van der Waals surface area contributed by atoms with Crippen molar-refractivity contribution in [3.8, 4) is 10.6 Å². The van der Waals surface area contributed by atoms with Gasteiger partial charge in [0.25, 0.3) is 0 Å². The molecular weight excluding hydrogens is 308 g/mol. The Morgan fingerprint density at radius 3 is 2.96 bits per heavy atom. The number of carboxylic acid groups (broad SMARTS) is 1. The van der Waals surface area contributed by atoms with E-state index in [0.717, 1.165) is 23.7 Å². The van der Waals surface area contributed by atoms with Crippen LogP contribution in [-0.2, 0) is 6.54 Å². The molecule has 0 radical (unpaired) electrons. The highest BCUT2D eigenvalue weighted by Crippen LogP contribution is 2.30. The second-order valence-corrected chi connectivity index (χ2v) is 6.89. The lowest BCUT2D eigenvalue weighted by Crippen LogP contribution is -2.38. The monoisotopic (exact) mass is 330 g/mol. The molecule has 1 aromatic carbocycles. The number of nitrogens with zero attached hydrogens (tertiary/aromatic N) is 2. The van der Waals surface area contributed by atoms with Crippen molar-refractivity contribution >= 4 is 17.3 Å². The first-order chi connectivity index (χ1) is 11.2. The van der Waals surface area contributed by atoms with E-state index in [4.69, 9.17) is 5.11 Å². The number of likely N-dealkylation sites (tertiary alicyclic amines) is 1. The van der Waals surface area contributed by atoms with Gasteiger partial charge in [-0.15, -0.1) is 11.3 Å². The summed E-state index contributed by atoms with van der Waals surface area (Å²) < 4.78 is 0. The summed E-state index contributed by atoms with van der Waals surface area (Å²) >= 11 is 1.40. The minimum atomic E-state index is -0.966. The highest BCUT2D eigenvalue weighted by Gasteiger charge is 2.22. The lowest BCUT2D eigenvalue weighted by atomic mass is 9.98. The third-order valence-electron chi connectivity index (χ3n) is 4.56. The van der Waals surface area contributed by atoms with E-state index in [1.54, 1.807) is 5.38 Å². The van der Waals surface area contributed by atoms with Crippen molar-refractivity contribution in [2.24, 2.45) is 0 Å². The molecule has 0 spiro atoms. The van der Waals surface area contributed by atoms with E-state index < -0.39 is 5.97 Å². The van der Waals surface area contributed by atoms with E-state index >= 15 is 0 Å². The molecule has 0 saturated carbocycles. The second-order valence-electron chi connectivity index (χ2n) is 6.03. The van der Waals surface area contributed by atoms with Gasteiger partial charge >= 0.3 is 5.97 Å². The molecule has 5 heteroatoms. The Morgan fingerprint density at radius 2 is 2.22 bits per heavy atom. The van der Waals surface area contributed by atoms with Crippen molar-refractivity contribution in [1.29, 1.82) is 0 Å². The molecule has 0 bridgehead atoms. The van der Waals surface area contributed by atoms with E-state index in [1.165, 1.54) is 42.6 Å². The first-order valence-electron chi connectivity index (χ1n) is 8.20. The van der Waals surface area contributed by atoms with Crippen LogP contribution in [0.4, 0.5) is 0 Å². The van der Waals surface area contributed by atoms with E-state index in [0.29, 0.717) is 6.04 Å². The molecule has 0 aliphatic carbocycles. The fourth-order valence-corrected chi connectivity index (χ4v) is 4.17. The Labute approximate surface area is 140 Å². The van der Waals surface area contributed by atoms with Crippen LogP contribution in [0.1, 0.15) is 48.7 Å². The highest BCUT2D eigenvalue weighted by molar-refractivity contribution is 7.13. The second kappa shape index (κ2) is 7.23. The zero-order valence-electron chi connectivity index (χ0n) is 13.4. The SMILES string of the molecule is CCC1CCCCN1Cc1ccccc1-c1nc(C(=O)O)cs1. The molecule has 1 aromatic heterocycles. The standard InChI is InChI=1S/C18H22N2O2S/c1-2-14-8-5-6-10-20(14)11-13-7-3-4-9-15(13)17-19-16(12-23-17)18(21)22/h3-4,7,9,12,14H,2,5-6,8,10-11H2,1H3,(H,21,22). The molecule has 3 rings (SSSR count). The lowest BCUT2D eigenvalue weighted by molar-refractivity contribution is 0.0691. The summed E-state index contributed by atoms with van der Waals surface area (Å²) in [7, 11) is 0. The summed E-state index contributed by atoms with van der Waals surface area (Å²) in [6, 6.07) is 8.88. The number of carbonyl (C=O) groups is 1. The van der Waals surface area contributed by atoms with Crippen molar-refractivity contribution in [1.82, 2.24) is 9.88 Å². The Hall–Kier alpha value is -1.72. The van der Waals surface area contributed by atoms with E-state index in [1.807, 2.05) is 12.1 Å². The number of carboxylic acids is 1. The van der Waals surface area contributed by atoms with Crippen LogP contribution in [0.3, 0.4) is 0 Å². The first-order valence-corrected chi connectivity index (χ1v) is 9.08. The van der Waals surface area contributed by atoms with Crippen LogP contribution in [0.15, 0.2) is 29.6 Å². The summed E-state index contributed by atoms with van der Waals surface area (Å²) in [4.78, 5) is 17.9. The molecule has 1 atom stereocenters. The summed E-state index contributed by atoms with van der Waals surface area (Å²) in [5.41, 5.74) is 2.42. The Bertz CT molecular complexity index is 683. The van der Waals surface area contributed by atoms with Crippen molar-refractivity contribution < 1.29 is 9.90 Å². The fraction of sp³-hybridized carbons (Fsp3) is 0.444. The van der Waals surface area contributed by atoms with Crippen molar-refractivity contribution in [2.45, 2.75) is 45.2 Å². The lowest BCUT2D eigenvalue weighted by Gasteiger charge is -2.35. The molecule has 0 amide bonds. The normalized spacial score (nSPS) is 18.9. The molecule has 122 valence electrons. The van der Waals surface area contributed by atoms with E-state index in [9.17, 15) is 4.79 Å². The number of benzene rings is 1. The van der Waals surface area contributed by atoms with Gasteiger partial charge in [0, 0.05) is 23.5 Å². The number of hydrogen-bond donors (Lipinski definition) is 1. The number of hydrogen-bond acceptors (Lipinski definition) is 4. The van der Waals surface area contributed by atoms with Crippen LogP contribution in [0, 0.1) is 0 Å². The number of aromatic carboxylic acids is 1. The molecule has 1 aliphatic heterocycles. The Balaban J connectivity index is 1.86. The average Bonchev–Trinajstić information content (AvgIpc) is 3.06. The molecular formula is C18H22N2O2S. The van der Waals surface area contributed by atoms with E-state index in [2.05, 4.69) is 28.9 Å². The summed E-state index contributed by atoms with van der Waals surface area (Å²) in [5.74, 6) is -0.966. The van der Waals surface area contributed by atoms with Crippen LogP contribution < -0.4 is 0 Å². The van der Waals surface area contributed by atoms with Gasteiger partial charge in [0.2, 0.25) is 0 Å². The van der Waals surface area contributed by atoms with Gasteiger partial charge < -0.3 is 5.11 Å². The minimum absolute atomic E-state index is 0.129. The maximum Gasteiger partial charge on any atom is 0.355 e. The number of thiazole rings is 1. The fourth-order valence-electron chi connectivity index (χ4n) is 3.31. The van der Waals surface area contributed by atoms with Crippen LogP contribution >= 0.6 is 11.3 Å². The van der Waals surface area contributed by atoms with Crippen molar-refractivity contribution in [2.75, 3.05) is 6.54 Å². The van der Waals surface area contributed by atoms with Gasteiger partial charge in [-0.3, -0.25) is 4.90 Å². The molecule has 1 aliphatic rings. The van der Waals surface area contributed by atoms with Crippen LogP contribution in [0.5, 0.6) is 0 Å². The predicted octanol–water partition coefficient (Wildman–Crippen LogP) is 4.27. The van der Waals surface area contributed by atoms with E-state index in [-0.39, 0.29) is 5.69 Å². The van der Waals surface area contributed by atoms with Gasteiger partial charge in [-0.05, 0) is 31.4 Å². The third-order valence-corrected chi connectivity index (χ3v) is 5.44. The topological polar surface area (TPSA) is 53.4 Å². The molecule has 4 nitrogen and oxygen atoms in total. The predicted molar refractivity (Wildman–Crippen MR) is 92.8 cm³/mol. The smallest absolute Gasteiger partial charge is 0.355 e. The van der Waals surface area contributed by atoms with Gasteiger partial charge in [-0.1, -0.05) is 37.6 Å². The van der Waals surface area contributed by atoms with Crippen LogP contribution in [0.2, 0.25) is 0 Å². The third kappa shape index (κ3) is 3.62. The van der Waals surface area contributed by atoms with Gasteiger partial charge in [0.15, 0.2) is 5.69 Å². The van der Waals surface area contributed by atoms with Gasteiger partial charge in [-0.25, -0.2) is 9.78 Å². The number of rotatable bonds is 5. The largest absolute Gasteiger partial charge is 0.476 e. The van der Waals surface area contributed by atoms with Gasteiger partial charge in [0.1, 0.15) is 5.01 Å². The highest BCUT2D eigenvalue weighted by atomic mass is 32.1. The summed E-state index contributed by atoms with van der Waals surface area (Å²) in [6.07, 6.45) is 5.05. The molecule has 2 aromatic rings. The molecule has 1 unspecified atom stereocenters. The van der Waals surface area contributed by atoms with Crippen molar-refractivity contribution in [3.63, 3.8) is 0 Å². The summed E-state index contributed by atoms with van der Waals surface area (Å²) in [6.45, 7) is 4.32. The molecule has 1 fully saturated rings. The zero-order chi connectivity index (χ0) is 16.2. The molecule has 23 heavy (non-hydrogen) atoms. The van der Waals surface area contributed by atoms with Gasteiger partial charge in [0.05, 0.1) is 0 Å². The minimum Gasteiger partial charge on any atom is -0.476 e. The Kier molecular flexibility index (Phi) is 5.08. The maximum absolute atomic E-state index is 11.1. The van der Waals surface area contributed by atoms with Crippen molar-refractivity contribution in [3.05, 3.63) is 40.9 Å². The molecule has 1 N–H and O–H groups in total. The maximum atomic E-state index is 11.1.